The van der Waals surface area contributed by atoms with Gasteiger partial charge in [-0.25, -0.2) is 0 Å². The Balaban J connectivity index is 1.49. The van der Waals surface area contributed by atoms with Gasteiger partial charge in [-0.2, -0.15) is 0 Å². The topological polar surface area (TPSA) is 71.6 Å². The molecule has 0 aliphatic carbocycles. The van der Waals surface area contributed by atoms with Crippen molar-refractivity contribution in [2.24, 2.45) is 0 Å². The van der Waals surface area contributed by atoms with Gasteiger partial charge in [0.1, 0.15) is 23.3 Å². The Morgan fingerprint density at radius 2 is 1.69 bits per heavy atom. The molecule has 0 spiro atoms. The Kier molecular flexibility index (Phi) is 8.90. The van der Waals surface area contributed by atoms with Gasteiger partial charge in [0.05, 0.1) is 32.6 Å². The van der Waals surface area contributed by atoms with E-state index in [1.54, 1.807) is 24.1 Å². The molecular formula is C27H33N3O5S. The highest BCUT2D eigenvalue weighted by molar-refractivity contribution is 7.80. The van der Waals surface area contributed by atoms with Crippen LogP contribution in [0.5, 0.6) is 11.5 Å². The molecule has 2 aliphatic heterocycles. The van der Waals surface area contributed by atoms with E-state index in [1.165, 1.54) is 0 Å². The van der Waals surface area contributed by atoms with Crippen LogP contribution in [0, 0.1) is 0 Å². The van der Waals surface area contributed by atoms with Gasteiger partial charge in [-0.05, 0) is 61.1 Å². The van der Waals surface area contributed by atoms with Crippen LogP contribution in [0.25, 0.3) is 0 Å². The van der Waals surface area contributed by atoms with Crippen LogP contribution in [0.2, 0.25) is 0 Å². The van der Waals surface area contributed by atoms with Crippen molar-refractivity contribution in [1.82, 2.24) is 9.80 Å². The van der Waals surface area contributed by atoms with E-state index in [2.05, 4.69) is 4.90 Å². The summed E-state index contributed by atoms with van der Waals surface area (Å²) in [4.78, 5) is 32.4. The number of ether oxygens (including phenoxy) is 3. The number of morpholine rings is 1. The highest BCUT2D eigenvalue weighted by Gasteiger charge is 2.44. The molecule has 2 heterocycles. The first-order chi connectivity index (χ1) is 17.5. The lowest BCUT2D eigenvalue weighted by Gasteiger charge is -2.30. The molecule has 1 atom stereocenters. The number of anilines is 1. The van der Waals surface area contributed by atoms with E-state index < -0.39 is 6.04 Å². The summed E-state index contributed by atoms with van der Waals surface area (Å²) >= 11 is 5.78. The summed E-state index contributed by atoms with van der Waals surface area (Å²) in [6.07, 6.45) is 0.352. The molecule has 2 saturated heterocycles. The number of ketones is 1. The summed E-state index contributed by atoms with van der Waals surface area (Å²) < 4.78 is 16.2. The Morgan fingerprint density at radius 1 is 1.03 bits per heavy atom. The molecule has 8 nitrogen and oxygen atoms in total. The van der Waals surface area contributed by atoms with Crippen molar-refractivity contribution >= 4 is 34.7 Å². The molecule has 2 fully saturated rings. The zero-order valence-corrected chi connectivity index (χ0v) is 21.7. The number of rotatable bonds is 11. The second kappa shape index (κ2) is 12.3. The van der Waals surface area contributed by atoms with E-state index in [0.29, 0.717) is 42.9 Å². The number of carbonyl (C=O) groups excluding carboxylic acids is 2. The summed E-state index contributed by atoms with van der Waals surface area (Å²) in [5, 5.41) is 0.428. The molecule has 2 aromatic carbocycles. The predicted octanol–water partition coefficient (Wildman–Crippen LogP) is 2.93. The normalized spacial score (nSPS) is 18.6. The van der Waals surface area contributed by atoms with Crippen molar-refractivity contribution in [3.63, 3.8) is 0 Å². The zero-order chi connectivity index (χ0) is 25.5. The Morgan fingerprint density at radius 3 is 2.33 bits per heavy atom. The largest absolute Gasteiger partial charge is 0.497 e. The minimum atomic E-state index is -0.629. The van der Waals surface area contributed by atoms with Gasteiger partial charge in [0.15, 0.2) is 5.11 Å². The standard InChI is InChI=1S/C27H33N3O5S/c1-3-35-24-8-4-20(5-9-24)18-22(31)19-25-26(32)30(21-6-10-23(33-2)11-7-21)27(36)29(25)13-12-28-14-16-34-17-15-28/h4-11,25H,3,12-19H2,1-2H3. The molecule has 1 amide bonds. The van der Waals surface area contributed by atoms with Crippen LogP contribution in [-0.2, 0) is 20.7 Å². The summed E-state index contributed by atoms with van der Waals surface area (Å²) in [7, 11) is 1.60. The number of hydrogen-bond acceptors (Lipinski definition) is 7. The quantitative estimate of drug-likeness (QED) is 0.427. The van der Waals surface area contributed by atoms with Gasteiger partial charge in [-0.1, -0.05) is 12.1 Å². The third-order valence-corrected chi connectivity index (χ3v) is 6.88. The van der Waals surface area contributed by atoms with Crippen molar-refractivity contribution in [3.05, 3.63) is 54.1 Å². The molecule has 0 radical (unpaired) electrons. The maximum Gasteiger partial charge on any atom is 0.256 e. The summed E-state index contributed by atoms with van der Waals surface area (Å²) in [6, 6.07) is 14.1. The van der Waals surface area contributed by atoms with Gasteiger partial charge in [-0.3, -0.25) is 19.4 Å². The van der Waals surface area contributed by atoms with Gasteiger partial charge in [0.2, 0.25) is 0 Å². The highest BCUT2D eigenvalue weighted by Crippen LogP contribution is 2.29. The van der Waals surface area contributed by atoms with Crippen LogP contribution in [-0.4, -0.2) is 85.8 Å². The van der Waals surface area contributed by atoms with E-state index in [0.717, 1.165) is 30.9 Å². The lowest BCUT2D eigenvalue weighted by molar-refractivity contribution is -0.125. The third-order valence-electron chi connectivity index (χ3n) is 6.47. The average Bonchev–Trinajstić information content (AvgIpc) is 3.13. The first-order valence-electron chi connectivity index (χ1n) is 12.3. The number of Topliss-reactive ketones (excluding diaryl/α,β-unsaturated/α-hetero) is 1. The van der Waals surface area contributed by atoms with Crippen molar-refractivity contribution < 1.29 is 23.8 Å². The van der Waals surface area contributed by atoms with Gasteiger partial charge in [0, 0.05) is 39.0 Å². The number of benzene rings is 2. The first kappa shape index (κ1) is 26.1. The van der Waals surface area contributed by atoms with Gasteiger partial charge < -0.3 is 19.1 Å². The first-order valence-corrected chi connectivity index (χ1v) is 12.7. The Labute approximate surface area is 217 Å². The molecule has 4 rings (SSSR count). The third kappa shape index (κ3) is 6.21. The van der Waals surface area contributed by atoms with E-state index >= 15 is 0 Å². The fourth-order valence-corrected chi connectivity index (χ4v) is 4.93. The number of amides is 1. The van der Waals surface area contributed by atoms with Crippen LogP contribution in [0.1, 0.15) is 18.9 Å². The van der Waals surface area contributed by atoms with Crippen LogP contribution >= 0.6 is 12.2 Å². The summed E-state index contributed by atoms with van der Waals surface area (Å²) in [6.45, 7) is 6.93. The van der Waals surface area contributed by atoms with Gasteiger partial charge in [-0.15, -0.1) is 0 Å². The van der Waals surface area contributed by atoms with Gasteiger partial charge >= 0.3 is 0 Å². The second-order valence-electron chi connectivity index (χ2n) is 8.81. The molecule has 0 N–H and O–H groups in total. The minimum Gasteiger partial charge on any atom is -0.497 e. The van der Waals surface area contributed by atoms with Crippen molar-refractivity contribution in [2.75, 3.05) is 58.0 Å². The molecule has 2 aliphatic rings. The van der Waals surface area contributed by atoms with Crippen molar-refractivity contribution in [1.29, 1.82) is 0 Å². The number of nitrogens with zero attached hydrogens (tertiary/aromatic N) is 3. The number of hydrogen-bond donors (Lipinski definition) is 0. The van der Waals surface area contributed by atoms with E-state index in [-0.39, 0.29) is 24.5 Å². The lowest BCUT2D eigenvalue weighted by atomic mass is 10.0. The second-order valence-corrected chi connectivity index (χ2v) is 9.18. The molecule has 1 unspecified atom stereocenters. The smallest absolute Gasteiger partial charge is 0.256 e. The SMILES string of the molecule is CCOc1ccc(CC(=O)CC2C(=O)N(c3ccc(OC)cc3)C(=S)N2CCN2CCOCC2)cc1. The fourth-order valence-electron chi connectivity index (χ4n) is 4.52. The van der Waals surface area contributed by atoms with Crippen LogP contribution in [0.15, 0.2) is 48.5 Å². The average molecular weight is 512 g/mol. The van der Waals surface area contributed by atoms with Crippen molar-refractivity contribution in [3.8, 4) is 11.5 Å². The summed E-state index contributed by atoms with van der Waals surface area (Å²) in [5.41, 5.74) is 1.56. The van der Waals surface area contributed by atoms with Crippen LogP contribution in [0.4, 0.5) is 5.69 Å². The summed E-state index contributed by atoms with van der Waals surface area (Å²) in [5.74, 6) is 1.29. The molecule has 192 valence electrons. The minimum absolute atomic E-state index is 0.00624. The number of methoxy groups -OCH3 is 1. The number of thiocarbonyl (C=S) groups is 1. The molecule has 0 saturated carbocycles. The zero-order valence-electron chi connectivity index (χ0n) is 20.9. The Bertz CT molecular complexity index is 1050. The number of carbonyl (C=O) groups is 2. The van der Waals surface area contributed by atoms with E-state index in [1.807, 2.05) is 48.2 Å². The van der Waals surface area contributed by atoms with Gasteiger partial charge in [0.25, 0.3) is 5.91 Å². The van der Waals surface area contributed by atoms with E-state index in [9.17, 15) is 9.59 Å². The fraction of sp³-hybridized carbons (Fsp3) is 0.444. The molecule has 0 aromatic heterocycles. The molecule has 9 heteroatoms. The maximum absolute atomic E-state index is 13.6. The lowest BCUT2D eigenvalue weighted by Crippen LogP contribution is -2.45. The molecule has 0 bridgehead atoms. The molecule has 2 aromatic rings. The van der Waals surface area contributed by atoms with Crippen LogP contribution in [0.3, 0.4) is 0 Å². The van der Waals surface area contributed by atoms with E-state index in [4.69, 9.17) is 26.4 Å². The highest BCUT2D eigenvalue weighted by atomic mass is 32.1. The Hall–Kier alpha value is -3.01. The van der Waals surface area contributed by atoms with Crippen molar-refractivity contribution in [2.45, 2.75) is 25.8 Å². The molecular weight excluding hydrogens is 478 g/mol. The molecule has 36 heavy (non-hydrogen) atoms. The maximum atomic E-state index is 13.6. The predicted molar refractivity (Wildman–Crippen MR) is 142 cm³/mol. The van der Waals surface area contributed by atoms with Crippen LogP contribution < -0.4 is 14.4 Å². The monoisotopic (exact) mass is 511 g/mol.